The lowest BCUT2D eigenvalue weighted by Gasteiger charge is -2.11. The van der Waals surface area contributed by atoms with Crippen molar-refractivity contribution in [3.8, 4) is 11.5 Å². The summed E-state index contributed by atoms with van der Waals surface area (Å²) in [5.41, 5.74) is 2.08. The number of aliphatic imine (C=N–C) groups is 1. The molecule has 156 valence electrons. The topological polar surface area (TPSA) is 57.1 Å². The van der Waals surface area contributed by atoms with Crippen LogP contribution in [-0.4, -0.2) is 25.6 Å². The lowest BCUT2D eigenvalue weighted by Crippen LogP contribution is -2.07. The van der Waals surface area contributed by atoms with Crippen LogP contribution >= 0.6 is 0 Å². The number of hydrogen-bond acceptors (Lipinski definition) is 5. The monoisotopic (exact) mass is 417 g/mol. The predicted octanol–water partition coefficient (Wildman–Crippen LogP) is 4.80. The number of ether oxygens (including phenoxy) is 3. The number of esters is 1. The summed E-state index contributed by atoms with van der Waals surface area (Å²) >= 11 is 0. The van der Waals surface area contributed by atoms with Gasteiger partial charge in [-0.25, -0.2) is 14.2 Å². The molecule has 31 heavy (non-hydrogen) atoms. The predicted molar refractivity (Wildman–Crippen MR) is 116 cm³/mol. The molecule has 0 aromatic heterocycles. The number of cyclic esters (lactones) is 1. The highest BCUT2D eigenvalue weighted by molar-refractivity contribution is 6.12. The van der Waals surface area contributed by atoms with Crippen molar-refractivity contribution < 1.29 is 23.4 Å². The molecule has 5 nitrogen and oxygen atoms in total. The van der Waals surface area contributed by atoms with E-state index >= 15 is 0 Å². The average Bonchev–Trinajstić information content (AvgIpc) is 3.15. The number of benzene rings is 3. The summed E-state index contributed by atoms with van der Waals surface area (Å²) in [7, 11) is 1.55. The van der Waals surface area contributed by atoms with Gasteiger partial charge in [-0.1, -0.05) is 48.5 Å². The van der Waals surface area contributed by atoms with Crippen LogP contribution in [-0.2, 0) is 16.0 Å². The van der Waals surface area contributed by atoms with Crippen molar-refractivity contribution >= 4 is 17.9 Å². The Morgan fingerprint density at radius 1 is 1.00 bits per heavy atom. The number of carbonyl (C=O) groups is 1. The van der Waals surface area contributed by atoms with Gasteiger partial charge in [0.1, 0.15) is 5.82 Å². The van der Waals surface area contributed by atoms with Crippen molar-refractivity contribution in [1.29, 1.82) is 0 Å². The Morgan fingerprint density at radius 2 is 1.77 bits per heavy atom. The Kier molecular flexibility index (Phi) is 6.08. The zero-order valence-corrected chi connectivity index (χ0v) is 16.9. The maximum atomic E-state index is 14.0. The first-order valence-corrected chi connectivity index (χ1v) is 9.76. The molecule has 0 fully saturated rings. The molecular weight excluding hydrogens is 397 g/mol. The molecule has 0 unspecified atom stereocenters. The zero-order chi connectivity index (χ0) is 21.6. The second kappa shape index (κ2) is 9.26. The van der Waals surface area contributed by atoms with Crippen LogP contribution in [0.1, 0.15) is 16.7 Å². The molecule has 0 aliphatic carbocycles. The molecule has 0 bridgehead atoms. The average molecular weight is 417 g/mol. The SMILES string of the molecule is COc1cc(/C=C2\N=C(c3ccccc3F)OC2=O)ccc1OCCc1ccccc1. The third-order valence-corrected chi connectivity index (χ3v) is 4.71. The Bertz CT molecular complexity index is 1160. The number of carbonyl (C=O) groups excluding carboxylic acids is 1. The van der Waals surface area contributed by atoms with Gasteiger partial charge in [-0.2, -0.15) is 0 Å². The van der Waals surface area contributed by atoms with Crippen LogP contribution in [0.5, 0.6) is 11.5 Å². The van der Waals surface area contributed by atoms with Gasteiger partial charge < -0.3 is 14.2 Å². The molecule has 0 radical (unpaired) electrons. The van der Waals surface area contributed by atoms with E-state index < -0.39 is 11.8 Å². The summed E-state index contributed by atoms with van der Waals surface area (Å²) in [5.74, 6) is -0.0613. The molecule has 0 saturated heterocycles. The zero-order valence-electron chi connectivity index (χ0n) is 16.9. The van der Waals surface area contributed by atoms with Crippen molar-refractivity contribution in [1.82, 2.24) is 0 Å². The smallest absolute Gasteiger partial charge is 0.363 e. The first-order valence-electron chi connectivity index (χ1n) is 9.76. The van der Waals surface area contributed by atoms with Crippen LogP contribution < -0.4 is 9.47 Å². The third-order valence-electron chi connectivity index (χ3n) is 4.71. The minimum atomic E-state index is -0.639. The Morgan fingerprint density at radius 3 is 2.55 bits per heavy atom. The highest BCUT2D eigenvalue weighted by Gasteiger charge is 2.26. The summed E-state index contributed by atoms with van der Waals surface area (Å²) in [6.45, 7) is 0.503. The van der Waals surface area contributed by atoms with E-state index in [0.29, 0.717) is 23.7 Å². The van der Waals surface area contributed by atoms with Crippen LogP contribution in [0.25, 0.3) is 6.08 Å². The lowest BCUT2D eigenvalue weighted by atomic mass is 10.1. The maximum absolute atomic E-state index is 14.0. The molecule has 4 rings (SSSR count). The summed E-state index contributed by atoms with van der Waals surface area (Å²) < 4.78 is 30.4. The fourth-order valence-electron chi connectivity index (χ4n) is 3.13. The molecule has 0 spiro atoms. The van der Waals surface area contributed by atoms with Gasteiger partial charge in [0.2, 0.25) is 5.90 Å². The van der Waals surface area contributed by atoms with Crippen molar-refractivity contribution in [3.63, 3.8) is 0 Å². The van der Waals surface area contributed by atoms with E-state index in [0.717, 1.165) is 6.42 Å². The normalized spacial score (nSPS) is 14.3. The van der Waals surface area contributed by atoms with E-state index in [1.807, 2.05) is 30.3 Å². The molecule has 0 saturated carbocycles. The van der Waals surface area contributed by atoms with Gasteiger partial charge in [-0.3, -0.25) is 0 Å². The van der Waals surface area contributed by atoms with E-state index in [4.69, 9.17) is 14.2 Å². The Hall–Kier alpha value is -3.93. The van der Waals surface area contributed by atoms with E-state index in [2.05, 4.69) is 4.99 Å². The molecule has 0 N–H and O–H groups in total. The van der Waals surface area contributed by atoms with Gasteiger partial charge in [-0.15, -0.1) is 0 Å². The van der Waals surface area contributed by atoms with Crippen molar-refractivity contribution in [2.45, 2.75) is 6.42 Å². The first-order chi connectivity index (χ1) is 15.1. The highest BCUT2D eigenvalue weighted by Crippen LogP contribution is 2.30. The number of halogens is 1. The molecule has 6 heteroatoms. The van der Waals surface area contributed by atoms with Crippen LogP contribution in [0.2, 0.25) is 0 Å². The molecule has 3 aromatic carbocycles. The summed E-state index contributed by atoms with van der Waals surface area (Å²) in [4.78, 5) is 16.3. The van der Waals surface area contributed by atoms with E-state index in [9.17, 15) is 9.18 Å². The lowest BCUT2D eigenvalue weighted by molar-refractivity contribution is -0.129. The quantitative estimate of drug-likeness (QED) is 0.409. The Balaban J connectivity index is 1.50. The van der Waals surface area contributed by atoms with Gasteiger partial charge in [0, 0.05) is 6.42 Å². The van der Waals surface area contributed by atoms with E-state index in [1.54, 1.807) is 43.5 Å². The summed E-state index contributed by atoms with van der Waals surface area (Å²) in [6, 6.07) is 21.4. The largest absolute Gasteiger partial charge is 0.493 e. The molecule has 0 amide bonds. The molecular formula is C25H20FNO4. The van der Waals surface area contributed by atoms with Gasteiger partial charge in [0.15, 0.2) is 17.2 Å². The van der Waals surface area contributed by atoms with Crippen LogP contribution in [0.3, 0.4) is 0 Å². The van der Waals surface area contributed by atoms with Crippen LogP contribution in [0.15, 0.2) is 83.5 Å². The fraction of sp³-hybridized carbons (Fsp3) is 0.120. The van der Waals surface area contributed by atoms with Crippen molar-refractivity contribution in [3.05, 3.63) is 101 Å². The van der Waals surface area contributed by atoms with E-state index in [1.165, 1.54) is 17.7 Å². The molecule has 1 aliphatic rings. The summed E-state index contributed by atoms with van der Waals surface area (Å²) in [6.07, 6.45) is 2.33. The maximum Gasteiger partial charge on any atom is 0.363 e. The molecule has 0 atom stereocenters. The number of rotatable bonds is 7. The van der Waals surface area contributed by atoms with Gasteiger partial charge in [0.05, 0.1) is 19.3 Å². The number of methoxy groups -OCH3 is 1. The van der Waals surface area contributed by atoms with E-state index in [-0.39, 0.29) is 17.2 Å². The minimum absolute atomic E-state index is 0.0535. The first kappa shape index (κ1) is 20.3. The van der Waals surface area contributed by atoms with Gasteiger partial charge in [-0.05, 0) is 41.5 Å². The minimum Gasteiger partial charge on any atom is -0.493 e. The van der Waals surface area contributed by atoms with Crippen molar-refractivity contribution in [2.75, 3.05) is 13.7 Å². The third kappa shape index (κ3) is 4.80. The van der Waals surface area contributed by atoms with Gasteiger partial charge in [0.25, 0.3) is 0 Å². The van der Waals surface area contributed by atoms with Crippen LogP contribution in [0, 0.1) is 5.82 Å². The van der Waals surface area contributed by atoms with Crippen LogP contribution in [0.4, 0.5) is 4.39 Å². The standard InChI is InChI=1S/C25H20FNO4/c1-29-23-16-18(11-12-22(23)30-14-13-17-7-3-2-4-8-17)15-21-25(28)31-24(27-21)19-9-5-6-10-20(19)26/h2-12,15-16H,13-14H2,1H3/b21-15-. The second-order valence-electron chi connectivity index (χ2n) is 6.81. The second-order valence-corrected chi connectivity index (χ2v) is 6.81. The molecule has 3 aromatic rings. The number of nitrogens with zero attached hydrogens (tertiary/aromatic N) is 1. The highest BCUT2D eigenvalue weighted by atomic mass is 19.1. The summed E-state index contributed by atoms with van der Waals surface area (Å²) in [5, 5.41) is 0. The Labute approximate surface area is 179 Å². The molecule has 1 heterocycles. The van der Waals surface area contributed by atoms with Crippen molar-refractivity contribution in [2.24, 2.45) is 4.99 Å². The van der Waals surface area contributed by atoms with Gasteiger partial charge >= 0.3 is 5.97 Å². The molecule has 1 aliphatic heterocycles. The fourth-order valence-corrected chi connectivity index (χ4v) is 3.13. The number of hydrogen-bond donors (Lipinski definition) is 0.